The molecule has 0 fully saturated rings. The second kappa shape index (κ2) is 12.6. The zero-order chi connectivity index (χ0) is 34.4. The molecule has 0 aliphatic heterocycles. The second-order valence-electron chi connectivity index (χ2n) is 13.5. The third-order valence-corrected chi connectivity index (χ3v) is 10.4. The lowest BCUT2D eigenvalue weighted by Crippen LogP contribution is -2.10. The van der Waals surface area contributed by atoms with Crippen LogP contribution in [-0.2, 0) is 0 Å². The average Bonchev–Trinajstić information content (AvgIpc) is 3.58. The summed E-state index contributed by atoms with van der Waals surface area (Å²) in [5.41, 5.74) is 13.3. The SMILES string of the molecule is C1=CCCC(c2ccc(N(c3ccc(-c4c(-c5ccccc5)ccc5ccccc45)cc3)c3ccc4cc5c(cc4c3)oc3cccnc35)cc2)=C1. The second-order valence-corrected chi connectivity index (χ2v) is 13.5. The molecular weight excluding hydrogens is 633 g/mol. The predicted octanol–water partition coefficient (Wildman–Crippen LogP) is 13.8. The van der Waals surface area contributed by atoms with Gasteiger partial charge in [0.2, 0.25) is 0 Å². The van der Waals surface area contributed by atoms with Gasteiger partial charge in [0.1, 0.15) is 11.1 Å². The van der Waals surface area contributed by atoms with Gasteiger partial charge in [0, 0.05) is 28.6 Å². The number of benzene rings is 7. The highest BCUT2D eigenvalue weighted by atomic mass is 16.3. The minimum absolute atomic E-state index is 0.806. The third kappa shape index (κ3) is 5.26. The van der Waals surface area contributed by atoms with Crippen molar-refractivity contribution in [2.75, 3.05) is 4.90 Å². The first-order valence-electron chi connectivity index (χ1n) is 17.9. The van der Waals surface area contributed by atoms with Crippen LogP contribution in [0.2, 0.25) is 0 Å². The smallest absolute Gasteiger partial charge is 0.153 e. The molecule has 0 unspecified atom stereocenters. The molecule has 0 spiro atoms. The van der Waals surface area contributed by atoms with Crippen molar-refractivity contribution in [2.24, 2.45) is 0 Å². The number of nitrogens with zero attached hydrogens (tertiary/aromatic N) is 2. The Bertz CT molecular complexity index is 2830. The van der Waals surface area contributed by atoms with Crippen LogP contribution in [0.25, 0.3) is 71.4 Å². The van der Waals surface area contributed by atoms with E-state index in [9.17, 15) is 0 Å². The standard InChI is InChI=1S/C49H34N2O/c1-3-10-33(11-4-1)34-17-23-40(24-18-34)51(42-27-21-38-31-45-47(32-39(38)30-42)52-46-16-9-29-50-49(45)46)41-25-19-37(20-26-41)48-43-15-8-7-14-36(43)22-28-44(48)35-12-5-2-6-13-35/h1-3,5-10,12-32H,4,11H2. The van der Waals surface area contributed by atoms with E-state index in [-0.39, 0.29) is 0 Å². The largest absolute Gasteiger partial charge is 0.454 e. The number of anilines is 3. The number of rotatable bonds is 6. The highest BCUT2D eigenvalue weighted by Gasteiger charge is 2.18. The third-order valence-electron chi connectivity index (χ3n) is 10.4. The Kier molecular flexibility index (Phi) is 7.28. The first-order chi connectivity index (χ1) is 25.8. The van der Waals surface area contributed by atoms with Gasteiger partial charge in [-0.2, -0.15) is 0 Å². The Morgan fingerprint density at radius 3 is 2.08 bits per heavy atom. The highest BCUT2D eigenvalue weighted by molar-refractivity contribution is 6.09. The number of aromatic nitrogens is 1. The zero-order valence-corrected chi connectivity index (χ0v) is 28.5. The maximum absolute atomic E-state index is 6.24. The summed E-state index contributed by atoms with van der Waals surface area (Å²) in [5.74, 6) is 0. The van der Waals surface area contributed by atoms with Crippen molar-refractivity contribution >= 4 is 66.2 Å². The molecule has 0 bridgehead atoms. The van der Waals surface area contributed by atoms with Crippen LogP contribution in [0.3, 0.4) is 0 Å². The van der Waals surface area contributed by atoms with Crippen molar-refractivity contribution in [1.82, 2.24) is 4.98 Å². The quantitative estimate of drug-likeness (QED) is 0.177. The van der Waals surface area contributed by atoms with Crippen LogP contribution in [0, 0.1) is 0 Å². The van der Waals surface area contributed by atoms with Crippen molar-refractivity contribution in [3.05, 3.63) is 188 Å². The number of allylic oxidation sites excluding steroid dienone is 4. The maximum atomic E-state index is 6.24. The van der Waals surface area contributed by atoms with Gasteiger partial charge in [-0.15, -0.1) is 0 Å². The van der Waals surface area contributed by atoms with Gasteiger partial charge >= 0.3 is 0 Å². The molecule has 52 heavy (non-hydrogen) atoms. The lowest BCUT2D eigenvalue weighted by atomic mass is 9.89. The number of hydrogen-bond donors (Lipinski definition) is 0. The average molecular weight is 667 g/mol. The summed E-state index contributed by atoms with van der Waals surface area (Å²) in [4.78, 5) is 6.96. The van der Waals surface area contributed by atoms with Gasteiger partial charge in [-0.1, -0.05) is 115 Å². The van der Waals surface area contributed by atoms with E-state index in [0.717, 1.165) is 62.7 Å². The Balaban J connectivity index is 1.11. The van der Waals surface area contributed by atoms with Crippen molar-refractivity contribution in [1.29, 1.82) is 0 Å². The van der Waals surface area contributed by atoms with E-state index < -0.39 is 0 Å². The van der Waals surface area contributed by atoms with Gasteiger partial charge < -0.3 is 9.32 Å². The van der Waals surface area contributed by atoms with E-state index in [1.54, 1.807) is 0 Å². The molecule has 1 aliphatic rings. The first-order valence-corrected chi connectivity index (χ1v) is 17.9. The molecular formula is C49H34N2O. The summed E-state index contributed by atoms with van der Waals surface area (Å²) in [6, 6.07) is 56.9. The number of pyridine rings is 1. The minimum Gasteiger partial charge on any atom is -0.454 e. The van der Waals surface area contributed by atoms with E-state index >= 15 is 0 Å². The first kappa shape index (κ1) is 30.1. The fraction of sp³-hybridized carbons (Fsp3) is 0.0408. The van der Waals surface area contributed by atoms with Crippen molar-refractivity contribution in [3.8, 4) is 22.3 Å². The molecule has 2 heterocycles. The van der Waals surface area contributed by atoms with Gasteiger partial charge in [0.15, 0.2) is 5.58 Å². The topological polar surface area (TPSA) is 29.3 Å². The number of hydrogen-bond acceptors (Lipinski definition) is 3. The summed E-state index contributed by atoms with van der Waals surface area (Å²) in [6.45, 7) is 0. The van der Waals surface area contributed by atoms with E-state index in [1.807, 2.05) is 18.3 Å². The number of fused-ring (bicyclic) bond motifs is 5. The molecule has 246 valence electrons. The number of furan rings is 1. The van der Waals surface area contributed by atoms with E-state index in [4.69, 9.17) is 4.42 Å². The molecule has 7 aromatic carbocycles. The lowest BCUT2D eigenvalue weighted by Gasteiger charge is -2.26. The maximum Gasteiger partial charge on any atom is 0.153 e. The van der Waals surface area contributed by atoms with Crippen LogP contribution >= 0.6 is 0 Å². The van der Waals surface area contributed by atoms with Crippen LogP contribution in [0.1, 0.15) is 18.4 Å². The highest BCUT2D eigenvalue weighted by Crippen LogP contribution is 2.42. The molecule has 1 aliphatic carbocycles. The Hall–Kier alpha value is -6.71. The molecule has 2 aromatic heterocycles. The van der Waals surface area contributed by atoms with Crippen LogP contribution in [0.5, 0.6) is 0 Å². The van der Waals surface area contributed by atoms with Crippen LogP contribution in [-0.4, -0.2) is 4.98 Å². The summed E-state index contributed by atoms with van der Waals surface area (Å²) in [7, 11) is 0. The molecule has 3 nitrogen and oxygen atoms in total. The van der Waals surface area contributed by atoms with E-state index in [0.29, 0.717) is 0 Å². The van der Waals surface area contributed by atoms with Crippen molar-refractivity contribution in [2.45, 2.75) is 12.8 Å². The summed E-state index contributed by atoms with van der Waals surface area (Å²) in [6.07, 6.45) is 10.6. The molecule has 0 N–H and O–H groups in total. The van der Waals surface area contributed by atoms with E-state index in [2.05, 4.69) is 174 Å². The molecule has 0 saturated heterocycles. The van der Waals surface area contributed by atoms with Crippen molar-refractivity contribution in [3.63, 3.8) is 0 Å². The van der Waals surface area contributed by atoms with Crippen LogP contribution in [0.15, 0.2) is 187 Å². The fourth-order valence-electron chi connectivity index (χ4n) is 7.80. The summed E-state index contributed by atoms with van der Waals surface area (Å²) < 4.78 is 6.24. The van der Waals surface area contributed by atoms with Crippen LogP contribution < -0.4 is 4.90 Å². The van der Waals surface area contributed by atoms with Gasteiger partial charge in [0.05, 0.1) is 0 Å². The molecule has 0 atom stereocenters. The predicted molar refractivity (Wildman–Crippen MR) is 218 cm³/mol. The molecule has 3 heteroatoms. The molecule has 9 aromatic rings. The minimum atomic E-state index is 0.806. The molecule has 0 saturated carbocycles. The Morgan fingerprint density at radius 2 is 1.27 bits per heavy atom. The van der Waals surface area contributed by atoms with Gasteiger partial charge in [-0.3, -0.25) is 4.98 Å². The van der Waals surface area contributed by atoms with Crippen molar-refractivity contribution < 1.29 is 4.42 Å². The molecule has 0 amide bonds. The monoisotopic (exact) mass is 666 g/mol. The molecule has 0 radical (unpaired) electrons. The normalized spacial score (nSPS) is 12.9. The Labute approximate surface area is 302 Å². The summed E-state index contributed by atoms with van der Waals surface area (Å²) in [5, 5.41) is 5.78. The van der Waals surface area contributed by atoms with E-state index in [1.165, 1.54) is 44.2 Å². The van der Waals surface area contributed by atoms with Crippen LogP contribution in [0.4, 0.5) is 17.1 Å². The van der Waals surface area contributed by atoms with Gasteiger partial charge in [-0.05, 0) is 128 Å². The van der Waals surface area contributed by atoms with Gasteiger partial charge in [0.25, 0.3) is 0 Å². The van der Waals surface area contributed by atoms with Gasteiger partial charge in [-0.25, -0.2) is 0 Å². The Morgan fingerprint density at radius 1 is 0.519 bits per heavy atom. The zero-order valence-electron chi connectivity index (χ0n) is 28.5. The lowest BCUT2D eigenvalue weighted by molar-refractivity contribution is 0.668. The fourth-order valence-corrected chi connectivity index (χ4v) is 7.80. The molecule has 10 rings (SSSR count). The summed E-state index contributed by atoms with van der Waals surface area (Å²) >= 11 is 0.